The average Bonchev–Trinajstić information content (AvgIpc) is 3.31. The number of aromatic nitrogens is 2. The van der Waals surface area contributed by atoms with Crippen LogP contribution in [0.15, 0.2) is 82.6 Å². The number of anilines is 3. The number of carbonyl (C=O) groups is 2. The van der Waals surface area contributed by atoms with Crippen LogP contribution in [0.4, 0.5) is 21.6 Å². The molecule has 5 rings (SSSR count). The molecule has 3 aromatic carbocycles. The molecule has 4 aromatic rings. The van der Waals surface area contributed by atoms with Crippen molar-refractivity contribution in [3.8, 4) is 0 Å². The first-order chi connectivity index (χ1) is 18.6. The van der Waals surface area contributed by atoms with Gasteiger partial charge in [-0.1, -0.05) is 41.5 Å². The summed E-state index contributed by atoms with van der Waals surface area (Å²) in [6.45, 7) is 7.67. The van der Waals surface area contributed by atoms with Crippen molar-refractivity contribution in [3.05, 3.63) is 116 Å². The van der Waals surface area contributed by atoms with Gasteiger partial charge < -0.3 is 16.0 Å². The molecule has 0 fully saturated rings. The summed E-state index contributed by atoms with van der Waals surface area (Å²) in [6, 6.07) is 17.1. The largest absolute Gasteiger partial charge is 0.343 e. The Morgan fingerprint density at radius 3 is 2.33 bits per heavy atom. The predicted octanol–water partition coefficient (Wildman–Crippen LogP) is 6.89. The minimum atomic E-state index is -0.718. The normalized spacial score (nSPS) is 14.5. The molecule has 1 aliphatic rings. The van der Waals surface area contributed by atoms with Gasteiger partial charge in [0.25, 0.3) is 11.8 Å². The monoisotopic (exact) mass is 587 g/mol. The lowest BCUT2D eigenvalue weighted by atomic mass is 9.94. The zero-order chi connectivity index (χ0) is 27.8. The van der Waals surface area contributed by atoms with Crippen molar-refractivity contribution in [3.63, 3.8) is 0 Å². The van der Waals surface area contributed by atoms with Crippen molar-refractivity contribution in [1.82, 2.24) is 9.78 Å². The number of fused-ring (bicyclic) bond motifs is 1. The van der Waals surface area contributed by atoms with Crippen molar-refractivity contribution < 1.29 is 14.0 Å². The first kappa shape index (κ1) is 26.4. The van der Waals surface area contributed by atoms with Gasteiger partial charge in [-0.05, 0) is 85.1 Å². The van der Waals surface area contributed by atoms with E-state index in [4.69, 9.17) is 0 Å². The zero-order valence-electron chi connectivity index (χ0n) is 21.9. The van der Waals surface area contributed by atoms with E-state index in [2.05, 4.69) is 37.0 Å². The minimum Gasteiger partial charge on any atom is -0.343 e. The van der Waals surface area contributed by atoms with E-state index in [0.29, 0.717) is 39.6 Å². The second-order valence-electron chi connectivity index (χ2n) is 9.68. The number of benzene rings is 3. The highest BCUT2D eigenvalue weighted by Gasteiger charge is 2.35. The molecule has 2 amide bonds. The molecule has 3 N–H and O–H groups in total. The standard InChI is InChI=1S/C30H27BrFN5O2/c1-16-5-9-21(10-6-16)35-29(38)22-15-33-37-27(20-8-11-24(32)23(31)14-20)26(19(4)34-28(22)37)30(39)36-25-12-7-17(2)13-18(25)3/h5-15,27,34H,1-4H3,(H,35,38)(H,36,39). The van der Waals surface area contributed by atoms with Gasteiger partial charge in [-0.15, -0.1) is 0 Å². The number of carbonyl (C=O) groups excluding carboxylic acids is 2. The van der Waals surface area contributed by atoms with E-state index in [0.717, 1.165) is 16.7 Å². The number of halogens is 2. The maximum atomic E-state index is 14.2. The van der Waals surface area contributed by atoms with Crippen molar-refractivity contribution >= 4 is 44.9 Å². The quantitative estimate of drug-likeness (QED) is 0.237. The Bertz CT molecular complexity index is 1640. The summed E-state index contributed by atoms with van der Waals surface area (Å²) in [7, 11) is 0. The van der Waals surface area contributed by atoms with E-state index in [1.807, 2.05) is 63.2 Å². The Balaban J connectivity index is 1.56. The van der Waals surface area contributed by atoms with E-state index in [1.54, 1.807) is 23.7 Å². The van der Waals surface area contributed by atoms with E-state index < -0.39 is 11.9 Å². The number of hydrogen-bond donors (Lipinski definition) is 3. The summed E-state index contributed by atoms with van der Waals surface area (Å²) in [5, 5.41) is 13.7. The van der Waals surface area contributed by atoms with E-state index in [1.165, 1.54) is 12.3 Å². The van der Waals surface area contributed by atoms with E-state index >= 15 is 0 Å². The lowest BCUT2D eigenvalue weighted by molar-refractivity contribution is -0.113. The summed E-state index contributed by atoms with van der Waals surface area (Å²) >= 11 is 3.26. The number of allylic oxidation sites excluding steroid dienone is 1. The molecular formula is C30H27BrFN5O2. The molecule has 1 atom stereocenters. The van der Waals surface area contributed by atoms with Gasteiger partial charge in [0.1, 0.15) is 23.2 Å². The van der Waals surface area contributed by atoms with Crippen LogP contribution in [0, 0.1) is 26.6 Å². The molecule has 1 unspecified atom stereocenters. The Morgan fingerprint density at radius 1 is 0.923 bits per heavy atom. The SMILES string of the molecule is CC1=C(C(=O)Nc2ccc(C)cc2C)C(c2ccc(F)c(Br)c2)n2ncc(C(=O)Nc3ccc(C)cc3)c2N1. The van der Waals surface area contributed by atoms with Crippen LogP contribution in [-0.4, -0.2) is 21.6 Å². The lowest BCUT2D eigenvalue weighted by Crippen LogP contribution is -2.32. The van der Waals surface area contributed by atoms with Crippen molar-refractivity contribution in [2.24, 2.45) is 0 Å². The van der Waals surface area contributed by atoms with E-state index in [-0.39, 0.29) is 16.3 Å². The highest BCUT2D eigenvalue weighted by Crippen LogP contribution is 2.39. The maximum absolute atomic E-state index is 14.2. The van der Waals surface area contributed by atoms with Crippen LogP contribution in [0.2, 0.25) is 0 Å². The molecular weight excluding hydrogens is 561 g/mol. The van der Waals surface area contributed by atoms with Crippen LogP contribution >= 0.6 is 15.9 Å². The number of rotatable bonds is 5. The topological polar surface area (TPSA) is 88.0 Å². The number of hydrogen-bond acceptors (Lipinski definition) is 4. The van der Waals surface area contributed by atoms with E-state index in [9.17, 15) is 14.0 Å². The molecule has 198 valence electrons. The van der Waals surface area contributed by atoms with Crippen LogP contribution in [0.25, 0.3) is 0 Å². The molecule has 0 saturated heterocycles. The summed E-state index contributed by atoms with van der Waals surface area (Å²) in [4.78, 5) is 27.0. The fourth-order valence-corrected chi connectivity index (χ4v) is 5.08. The van der Waals surface area contributed by atoms with Gasteiger partial charge >= 0.3 is 0 Å². The summed E-state index contributed by atoms with van der Waals surface area (Å²) < 4.78 is 16.0. The number of nitrogens with one attached hydrogen (secondary N) is 3. The molecule has 0 radical (unpaired) electrons. The number of aryl methyl sites for hydroxylation is 3. The smallest absolute Gasteiger partial charge is 0.261 e. The first-order valence-corrected chi connectivity index (χ1v) is 13.2. The fourth-order valence-electron chi connectivity index (χ4n) is 4.68. The molecule has 0 aliphatic carbocycles. The van der Waals surface area contributed by atoms with Gasteiger partial charge in [-0.25, -0.2) is 9.07 Å². The minimum absolute atomic E-state index is 0.261. The van der Waals surface area contributed by atoms with Crippen molar-refractivity contribution in [1.29, 1.82) is 0 Å². The summed E-state index contributed by atoms with van der Waals surface area (Å²) in [6.07, 6.45) is 1.47. The maximum Gasteiger partial charge on any atom is 0.261 e. The van der Waals surface area contributed by atoms with Crippen molar-refractivity contribution in [2.75, 3.05) is 16.0 Å². The second-order valence-corrected chi connectivity index (χ2v) is 10.5. The summed E-state index contributed by atoms with van der Waals surface area (Å²) in [5.41, 5.74) is 6.34. The highest BCUT2D eigenvalue weighted by molar-refractivity contribution is 9.10. The molecule has 0 bridgehead atoms. The molecule has 39 heavy (non-hydrogen) atoms. The van der Waals surface area contributed by atoms with Crippen LogP contribution in [0.1, 0.15) is 45.6 Å². The highest BCUT2D eigenvalue weighted by atomic mass is 79.9. The molecule has 0 spiro atoms. The summed E-state index contributed by atoms with van der Waals surface area (Å²) in [5.74, 6) is -0.661. The first-order valence-electron chi connectivity index (χ1n) is 12.4. The predicted molar refractivity (Wildman–Crippen MR) is 154 cm³/mol. The lowest BCUT2D eigenvalue weighted by Gasteiger charge is -2.30. The van der Waals surface area contributed by atoms with Gasteiger partial charge in [0.2, 0.25) is 0 Å². The third kappa shape index (κ3) is 5.22. The van der Waals surface area contributed by atoms with Crippen LogP contribution in [0.5, 0.6) is 0 Å². The van der Waals surface area contributed by atoms with Gasteiger partial charge in [-0.3, -0.25) is 9.59 Å². The Morgan fingerprint density at radius 2 is 1.64 bits per heavy atom. The molecule has 1 aliphatic heterocycles. The zero-order valence-corrected chi connectivity index (χ0v) is 23.5. The number of nitrogens with zero attached hydrogens (tertiary/aromatic N) is 2. The van der Waals surface area contributed by atoms with Crippen LogP contribution in [-0.2, 0) is 4.79 Å². The fraction of sp³-hybridized carbons (Fsp3) is 0.167. The van der Waals surface area contributed by atoms with Gasteiger partial charge in [-0.2, -0.15) is 5.10 Å². The molecule has 2 heterocycles. The Labute approximate surface area is 234 Å². The van der Waals surface area contributed by atoms with Crippen LogP contribution in [0.3, 0.4) is 0 Å². The average molecular weight is 588 g/mol. The second kappa shape index (κ2) is 10.5. The number of amides is 2. The molecule has 1 aromatic heterocycles. The third-order valence-electron chi connectivity index (χ3n) is 6.71. The van der Waals surface area contributed by atoms with Crippen molar-refractivity contribution in [2.45, 2.75) is 33.7 Å². The molecule has 0 saturated carbocycles. The third-order valence-corrected chi connectivity index (χ3v) is 7.32. The van der Waals surface area contributed by atoms with Gasteiger partial charge in [0.05, 0.1) is 16.2 Å². The van der Waals surface area contributed by atoms with Crippen LogP contribution < -0.4 is 16.0 Å². The van der Waals surface area contributed by atoms with Gasteiger partial charge in [0, 0.05) is 17.1 Å². The molecule has 9 heteroatoms. The Kier molecular flexibility index (Phi) is 7.10. The van der Waals surface area contributed by atoms with Gasteiger partial charge in [0.15, 0.2) is 0 Å². The Hall–Kier alpha value is -4.24. The molecule has 7 nitrogen and oxygen atoms in total.